The molecule has 10 nitrogen and oxygen atoms in total. The highest BCUT2D eigenvalue weighted by molar-refractivity contribution is 7.89. The Morgan fingerprint density at radius 3 is 2.45 bits per heavy atom. The van der Waals surface area contributed by atoms with Crippen LogP contribution in [0.1, 0.15) is 11.1 Å². The summed E-state index contributed by atoms with van der Waals surface area (Å²) in [5, 5.41) is 20.2. The Kier molecular flexibility index (Phi) is 6.17. The van der Waals surface area contributed by atoms with E-state index in [1.807, 2.05) is 0 Å². The first-order valence-corrected chi connectivity index (χ1v) is 10.7. The molecule has 0 spiro atoms. The number of carboxylic acid groups (broad SMARTS) is 1. The molecule has 1 amide bonds. The standard InChI is InChI=1S/C19H16F3N3O7S/c20-19(21,22)13-5-3-4-12(8-13)9-18(11-24(17(18)28)10-16(26)27)23-33(31,32)15-7-2-1-6-14(15)25(29)30/h1-8,23H,9-11H2,(H,26,27)/t18-/m0/s1. The molecule has 0 aromatic heterocycles. The lowest BCUT2D eigenvalue weighted by molar-refractivity contribution is -0.387. The summed E-state index contributed by atoms with van der Waals surface area (Å²) in [5.41, 5.74) is -3.86. The van der Waals surface area contributed by atoms with Crippen LogP contribution in [0.15, 0.2) is 53.4 Å². The van der Waals surface area contributed by atoms with E-state index in [-0.39, 0.29) is 5.56 Å². The van der Waals surface area contributed by atoms with E-state index in [0.29, 0.717) is 0 Å². The third kappa shape index (κ3) is 4.96. The molecule has 14 heteroatoms. The van der Waals surface area contributed by atoms with Crippen LogP contribution in [-0.2, 0) is 32.2 Å². The number of hydrogen-bond acceptors (Lipinski definition) is 6. The smallest absolute Gasteiger partial charge is 0.416 e. The molecule has 2 aromatic rings. The number of alkyl halides is 3. The second kappa shape index (κ2) is 8.44. The van der Waals surface area contributed by atoms with Gasteiger partial charge < -0.3 is 10.0 Å². The average molecular weight is 487 g/mol. The van der Waals surface area contributed by atoms with Crippen molar-refractivity contribution >= 4 is 27.6 Å². The van der Waals surface area contributed by atoms with Gasteiger partial charge in [-0.3, -0.25) is 19.7 Å². The van der Waals surface area contributed by atoms with Crippen LogP contribution < -0.4 is 4.72 Å². The van der Waals surface area contributed by atoms with E-state index in [2.05, 4.69) is 4.72 Å². The van der Waals surface area contributed by atoms with Gasteiger partial charge in [-0.1, -0.05) is 30.3 Å². The lowest BCUT2D eigenvalue weighted by Gasteiger charge is -2.48. The molecular formula is C19H16F3N3O7S. The van der Waals surface area contributed by atoms with E-state index < -0.39 is 74.2 Å². The Balaban J connectivity index is 2.01. The summed E-state index contributed by atoms with van der Waals surface area (Å²) in [7, 11) is -4.71. The van der Waals surface area contributed by atoms with Crippen molar-refractivity contribution in [1.82, 2.24) is 9.62 Å². The van der Waals surface area contributed by atoms with Crippen molar-refractivity contribution in [3.05, 3.63) is 69.8 Å². The van der Waals surface area contributed by atoms with Crippen LogP contribution in [0.2, 0.25) is 0 Å². The molecule has 176 valence electrons. The maximum absolute atomic E-state index is 13.1. The number of carbonyl (C=O) groups is 2. The van der Waals surface area contributed by atoms with E-state index >= 15 is 0 Å². The molecule has 1 saturated heterocycles. The van der Waals surface area contributed by atoms with Crippen molar-refractivity contribution in [3.63, 3.8) is 0 Å². The largest absolute Gasteiger partial charge is 0.480 e. The lowest BCUT2D eigenvalue weighted by Crippen LogP contribution is -2.75. The number of sulfonamides is 1. The summed E-state index contributed by atoms with van der Waals surface area (Å²) < 4.78 is 67.3. The number of nitrogens with one attached hydrogen (secondary N) is 1. The van der Waals surface area contributed by atoms with Crippen LogP contribution in [-0.4, -0.2) is 53.9 Å². The quantitative estimate of drug-likeness (QED) is 0.328. The van der Waals surface area contributed by atoms with E-state index in [0.717, 1.165) is 35.2 Å². The number of nitrogens with zero attached hydrogens (tertiary/aromatic N) is 2. The molecule has 2 aromatic carbocycles. The van der Waals surface area contributed by atoms with E-state index in [9.17, 15) is 41.3 Å². The number of rotatable bonds is 8. The molecule has 0 radical (unpaired) electrons. The number of benzene rings is 2. The maximum Gasteiger partial charge on any atom is 0.416 e. The summed E-state index contributed by atoms with van der Waals surface area (Å²) in [6.07, 6.45) is -5.22. The Labute approximate surface area is 184 Å². The summed E-state index contributed by atoms with van der Waals surface area (Å²) in [6, 6.07) is 8.22. The molecular weight excluding hydrogens is 471 g/mol. The van der Waals surface area contributed by atoms with Gasteiger partial charge in [0.25, 0.3) is 5.69 Å². The van der Waals surface area contributed by atoms with Crippen molar-refractivity contribution in [2.45, 2.75) is 23.0 Å². The third-order valence-electron chi connectivity index (χ3n) is 4.92. The molecule has 0 aliphatic carbocycles. The second-order valence-corrected chi connectivity index (χ2v) is 8.99. The molecule has 0 bridgehead atoms. The number of para-hydroxylation sites is 1. The zero-order valence-corrected chi connectivity index (χ0v) is 17.4. The van der Waals surface area contributed by atoms with Gasteiger partial charge >= 0.3 is 12.1 Å². The van der Waals surface area contributed by atoms with Crippen molar-refractivity contribution in [2.24, 2.45) is 0 Å². The topological polar surface area (TPSA) is 147 Å². The molecule has 1 aliphatic heterocycles. The van der Waals surface area contributed by atoms with E-state index in [1.165, 1.54) is 18.2 Å². The number of halogens is 3. The fourth-order valence-electron chi connectivity index (χ4n) is 3.56. The highest BCUT2D eigenvalue weighted by Gasteiger charge is 2.55. The lowest BCUT2D eigenvalue weighted by atomic mass is 9.83. The third-order valence-corrected chi connectivity index (χ3v) is 6.51. The van der Waals surface area contributed by atoms with Crippen molar-refractivity contribution in [2.75, 3.05) is 13.1 Å². The predicted molar refractivity (Wildman–Crippen MR) is 106 cm³/mol. The van der Waals surface area contributed by atoms with Gasteiger partial charge in [0.1, 0.15) is 12.1 Å². The Morgan fingerprint density at radius 2 is 1.88 bits per heavy atom. The first kappa shape index (κ1) is 24.1. The van der Waals surface area contributed by atoms with Gasteiger partial charge in [0.2, 0.25) is 15.9 Å². The Bertz CT molecular complexity index is 1230. The zero-order valence-electron chi connectivity index (χ0n) is 16.6. The second-order valence-electron chi connectivity index (χ2n) is 7.34. The van der Waals surface area contributed by atoms with Crippen molar-refractivity contribution < 1.29 is 41.2 Å². The minimum Gasteiger partial charge on any atom is -0.480 e. The summed E-state index contributed by atoms with van der Waals surface area (Å²) in [4.78, 5) is 34.1. The number of nitro groups is 1. The highest BCUT2D eigenvalue weighted by Crippen LogP contribution is 2.34. The van der Waals surface area contributed by atoms with E-state index in [4.69, 9.17) is 5.11 Å². The zero-order chi connectivity index (χ0) is 24.6. The maximum atomic E-state index is 13.1. The fraction of sp³-hybridized carbons (Fsp3) is 0.263. The predicted octanol–water partition coefficient (Wildman–Crippen LogP) is 1.80. The number of nitro benzene ring substituents is 1. The summed E-state index contributed by atoms with van der Waals surface area (Å²) >= 11 is 0. The first-order chi connectivity index (χ1) is 15.2. The number of amides is 1. The molecule has 3 rings (SSSR count). The number of carboxylic acids is 1. The van der Waals surface area contributed by atoms with Crippen LogP contribution in [0.4, 0.5) is 18.9 Å². The van der Waals surface area contributed by atoms with Gasteiger partial charge in [-0.25, -0.2) is 8.42 Å². The van der Waals surface area contributed by atoms with Crippen LogP contribution in [0, 0.1) is 10.1 Å². The van der Waals surface area contributed by atoms with Crippen LogP contribution in [0.25, 0.3) is 0 Å². The normalized spacial score (nSPS) is 18.6. The molecule has 1 aliphatic rings. The van der Waals surface area contributed by atoms with Gasteiger partial charge in [-0.2, -0.15) is 17.9 Å². The first-order valence-electron chi connectivity index (χ1n) is 9.20. The SMILES string of the molecule is O=C(O)CN1C[C@](Cc2cccc(C(F)(F)F)c2)(NS(=O)(=O)c2ccccc2[N+](=O)[O-])C1=O. The molecule has 1 fully saturated rings. The van der Waals surface area contributed by atoms with Crippen molar-refractivity contribution in [1.29, 1.82) is 0 Å². The Hall–Kier alpha value is -3.52. The average Bonchev–Trinajstić information content (AvgIpc) is 2.72. The van der Waals surface area contributed by atoms with Crippen LogP contribution >= 0.6 is 0 Å². The monoisotopic (exact) mass is 487 g/mol. The number of likely N-dealkylation sites (tertiary alicyclic amines) is 1. The van der Waals surface area contributed by atoms with Crippen LogP contribution in [0.5, 0.6) is 0 Å². The number of hydrogen-bond donors (Lipinski definition) is 2. The highest BCUT2D eigenvalue weighted by atomic mass is 32.2. The van der Waals surface area contributed by atoms with Gasteiger partial charge in [0, 0.05) is 19.0 Å². The van der Waals surface area contributed by atoms with E-state index in [1.54, 1.807) is 0 Å². The van der Waals surface area contributed by atoms with Gasteiger partial charge in [-0.05, 0) is 17.7 Å². The molecule has 0 saturated carbocycles. The van der Waals surface area contributed by atoms with Crippen LogP contribution in [0.3, 0.4) is 0 Å². The van der Waals surface area contributed by atoms with Crippen molar-refractivity contribution in [3.8, 4) is 0 Å². The van der Waals surface area contributed by atoms with Gasteiger partial charge in [0.15, 0.2) is 4.90 Å². The number of β-lactam (4-membered cyclic amide) rings is 1. The molecule has 33 heavy (non-hydrogen) atoms. The minimum atomic E-state index is -4.71. The summed E-state index contributed by atoms with van der Waals surface area (Å²) in [6.45, 7) is -1.22. The van der Waals surface area contributed by atoms with Gasteiger partial charge in [0.05, 0.1) is 10.5 Å². The number of carbonyl (C=O) groups excluding carboxylic acids is 1. The summed E-state index contributed by atoms with van der Waals surface area (Å²) in [5.74, 6) is -2.36. The minimum absolute atomic E-state index is 0.0431. The molecule has 2 N–H and O–H groups in total. The Morgan fingerprint density at radius 1 is 1.21 bits per heavy atom. The fourth-order valence-corrected chi connectivity index (χ4v) is 5.09. The molecule has 0 unspecified atom stereocenters. The van der Waals surface area contributed by atoms with Gasteiger partial charge in [-0.15, -0.1) is 0 Å². The molecule has 1 atom stereocenters. The number of aliphatic carboxylic acids is 1. The molecule has 1 heterocycles.